The summed E-state index contributed by atoms with van der Waals surface area (Å²) in [4.78, 5) is 51.1. The number of hydrogen-bond acceptors (Lipinski definition) is 13. The fourth-order valence-electron chi connectivity index (χ4n) is 13.3. The number of allylic oxidation sites excluding steroid dienone is 2. The Labute approximate surface area is 333 Å². The molecule has 0 radical (unpaired) electrons. The second kappa shape index (κ2) is 14.1. The highest BCUT2D eigenvalue weighted by atomic mass is 16.8. The first-order valence-corrected chi connectivity index (χ1v) is 20.6. The predicted octanol–water partition coefficient (Wildman–Crippen LogP) is 2.36. The van der Waals surface area contributed by atoms with Gasteiger partial charge in [0.25, 0.3) is 0 Å². The maximum atomic E-state index is 14.8. The van der Waals surface area contributed by atoms with Crippen molar-refractivity contribution in [3.05, 3.63) is 11.6 Å². The van der Waals surface area contributed by atoms with Crippen molar-refractivity contribution in [1.29, 1.82) is 0 Å². The normalized spacial score (nSPS) is 53.3. The number of aldehydes is 1. The molecule has 0 aromatic carbocycles. The molecular weight excluding hydrogens is 744 g/mol. The van der Waals surface area contributed by atoms with Crippen molar-refractivity contribution in [3.8, 4) is 0 Å². The van der Waals surface area contributed by atoms with Gasteiger partial charge >= 0.3 is 11.9 Å². The van der Waals surface area contributed by atoms with Gasteiger partial charge in [-0.2, -0.15) is 0 Å². The summed E-state index contributed by atoms with van der Waals surface area (Å²) in [5, 5.41) is 72.7. The number of carbonyl (C=O) groups is 4. The number of hydrogen-bond donors (Lipinski definition) is 7. The molecule has 19 atom stereocenters. The van der Waals surface area contributed by atoms with E-state index in [-0.39, 0.29) is 39.8 Å². The van der Waals surface area contributed by atoms with Crippen LogP contribution in [-0.4, -0.2) is 127 Å². The minimum Gasteiger partial charge on any atom is -0.479 e. The second-order valence-electron chi connectivity index (χ2n) is 20.5. The Morgan fingerprint density at radius 3 is 1.95 bits per heavy atom. The number of ketones is 1. The summed E-state index contributed by atoms with van der Waals surface area (Å²) in [7, 11) is 0. The van der Waals surface area contributed by atoms with E-state index < -0.39 is 95.7 Å². The first kappa shape index (κ1) is 42.8. The van der Waals surface area contributed by atoms with E-state index >= 15 is 0 Å². The van der Waals surface area contributed by atoms with E-state index in [2.05, 4.69) is 27.7 Å². The molecule has 4 saturated carbocycles. The Balaban J connectivity index is 1.17. The lowest BCUT2D eigenvalue weighted by molar-refractivity contribution is -0.371. The third-order valence-corrected chi connectivity index (χ3v) is 17.0. The van der Waals surface area contributed by atoms with Gasteiger partial charge in [0.15, 0.2) is 30.6 Å². The lowest BCUT2D eigenvalue weighted by Gasteiger charge is -2.70. The molecule has 0 bridgehead atoms. The highest BCUT2D eigenvalue weighted by molar-refractivity contribution is 5.95. The van der Waals surface area contributed by atoms with Crippen LogP contribution in [-0.2, 0) is 38.1 Å². The van der Waals surface area contributed by atoms with Crippen LogP contribution in [0.2, 0.25) is 0 Å². The van der Waals surface area contributed by atoms with Gasteiger partial charge in [0.05, 0.1) is 6.10 Å². The number of aliphatic carboxylic acids is 2. The Morgan fingerprint density at radius 2 is 1.33 bits per heavy atom. The number of aliphatic hydroxyl groups is 5. The van der Waals surface area contributed by atoms with E-state index in [4.69, 9.17) is 18.9 Å². The molecule has 7 rings (SSSR count). The summed E-state index contributed by atoms with van der Waals surface area (Å²) in [5.74, 6) is -3.34. The van der Waals surface area contributed by atoms with Crippen LogP contribution >= 0.6 is 0 Å². The largest absolute Gasteiger partial charge is 0.479 e. The summed E-state index contributed by atoms with van der Waals surface area (Å²) in [6.45, 7) is 15.3. The van der Waals surface area contributed by atoms with Crippen molar-refractivity contribution in [1.82, 2.24) is 0 Å². The van der Waals surface area contributed by atoms with Gasteiger partial charge in [-0.25, -0.2) is 9.59 Å². The van der Waals surface area contributed by atoms with E-state index in [0.717, 1.165) is 51.2 Å². The van der Waals surface area contributed by atoms with Crippen LogP contribution in [0, 0.1) is 50.2 Å². The summed E-state index contributed by atoms with van der Waals surface area (Å²) in [6.07, 6.45) is -9.95. The van der Waals surface area contributed by atoms with Crippen LogP contribution in [0.5, 0.6) is 0 Å². The van der Waals surface area contributed by atoms with Gasteiger partial charge in [-0.15, -0.1) is 0 Å². The zero-order valence-electron chi connectivity index (χ0n) is 34.0. The molecule has 2 aliphatic heterocycles. The molecule has 0 aromatic heterocycles. The maximum Gasteiger partial charge on any atom is 0.335 e. The summed E-state index contributed by atoms with van der Waals surface area (Å²) >= 11 is 0. The SMILES string of the molecule is CC1(C)[C@@H](O[C@@H]2O[C@H](C(=O)O)[C@@H](O)[C@H](O)[C@H]2O[C@@H]2O[C@H](C(=O)O)[C@@H](O)[C@H](O)[C@H]2O)CC[C@]2(C)[C@H]3C(=O)C=C4[C@H]5C[C@@](C)(C=O)CC[C@]5(C)CC[C@@]4(C)[C@]3(C)CC[C@@H]12. The van der Waals surface area contributed by atoms with Gasteiger partial charge < -0.3 is 59.5 Å². The Morgan fingerprint density at radius 1 is 0.737 bits per heavy atom. The second-order valence-corrected chi connectivity index (χ2v) is 20.5. The number of ether oxygens (including phenoxy) is 4. The van der Waals surface area contributed by atoms with Crippen molar-refractivity contribution in [2.24, 2.45) is 50.2 Å². The molecule has 0 spiro atoms. The Bertz CT molecular complexity index is 1680. The lowest BCUT2D eigenvalue weighted by atomic mass is 9.33. The fourth-order valence-corrected chi connectivity index (χ4v) is 13.3. The Kier molecular flexibility index (Phi) is 10.6. The molecule has 0 aromatic rings. The van der Waals surface area contributed by atoms with Gasteiger partial charge in [-0.3, -0.25) is 4.79 Å². The predicted molar refractivity (Wildman–Crippen MR) is 198 cm³/mol. The molecule has 0 amide bonds. The van der Waals surface area contributed by atoms with E-state index in [1.54, 1.807) is 0 Å². The van der Waals surface area contributed by atoms with Crippen LogP contribution in [0.15, 0.2) is 11.6 Å². The smallest absolute Gasteiger partial charge is 0.335 e. The topological polar surface area (TPSA) is 247 Å². The zero-order valence-corrected chi connectivity index (χ0v) is 34.0. The molecule has 320 valence electrons. The van der Waals surface area contributed by atoms with E-state index in [1.807, 2.05) is 26.8 Å². The molecular formula is C42H62O15. The number of carboxylic acid groups (broad SMARTS) is 2. The highest BCUT2D eigenvalue weighted by Crippen LogP contribution is 2.75. The van der Waals surface area contributed by atoms with Crippen LogP contribution in [0.1, 0.15) is 106 Å². The lowest BCUT2D eigenvalue weighted by Crippen LogP contribution is -2.68. The monoisotopic (exact) mass is 806 g/mol. The average Bonchev–Trinajstić information content (AvgIpc) is 3.13. The number of carboxylic acids is 2. The van der Waals surface area contributed by atoms with Crippen LogP contribution < -0.4 is 0 Å². The van der Waals surface area contributed by atoms with Gasteiger partial charge in [-0.05, 0) is 103 Å². The first-order valence-electron chi connectivity index (χ1n) is 20.6. The van der Waals surface area contributed by atoms with Gasteiger partial charge in [0.2, 0.25) is 0 Å². The molecule has 2 saturated heterocycles. The van der Waals surface area contributed by atoms with E-state index in [0.29, 0.717) is 12.8 Å². The molecule has 7 N–H and O–H groups in total. The summed E-state index contributed by atoms with van der Waals surface area (Å²) in [5.41, 5.74) is -0.911. The molecule has 7 aliphatic rings. The molecule has 5 aliphatic carbocycles. The summed E-state index contributed by atoms with van der Waals surface area (Å²) < 4.78 is 23.4. The third kappa shape index (κ3) is 6.31. The molecule has 2 heterocycles. The van der Waals surface area contributed by atoms with E-state index in [9.17, 15) is 54.9 Å². The molecule has 6 fully saturated rings. The van der Waals surface area contributed by atoms with Gasteiger partial charge in [0, 0.05) is 11.3 Å². The van der Waals surface area contributed by atoms with Gasteiger partial charge in [-0.1, -0.05) is 54.0 Å². The van der Waals surface area contributed by atoms with E-state index in [1.165, 1.54) is 5.57 Å². The average molecular weight is 807 g/mol. The summed E-state index contributed by atoms with van der Waals surface area (Å²) in [6, 6.07) is 0. The number of aliphatic hydroxyl groups excluding tert-OH is 5. The third-order valence-electron chi connectivity index (χ3n) is 17.0. The number of fused-ring (bicyclic) bond motifs is 7. The minimum absolute atomic E-state index is 0.0299. The highest BCUT2D eigenvalue weighted by Gasteiger charge is 2.70. The maximum absolute atomic E-state index is 14.8. The van der Waals surface area contributed by atoms with Crippen LogP contribution in [0.25, 0.3) is 0 Å². The molecule has 15 heteroatoms. The van der Waals surface area contributed by atoms with Gasteiger partial charge in [0.1, 0.15) is 42.9 Å². The van der Waals surface area contributed by atoms with Crippen molar-refractivity contribution < 1.29 is 73.9 Å². The molecule has 15 nitrogen and oxygen atoms in total. The number of carbonyl (C=O) groups excluding carboxylic acids is 2. The minimum atomic E-state index is -2.03. The first-order chi connectivity index (χ1) is 26.4. The van der Waals surface area contributed by atoms with Crippen LogP contribution in [0.4, 0.5) is 0 Å². The quantitative estimate of drug-likeness (QED) is 0.144. The van der Waals surface area contributed by atoms with Crippen LogP contribution in [0.3, 0.4) is 0 Å². The zero-order chi connectivity index (χ0) is 42.0. The Hall–Kier alpha value is -2.34. The molecule has 57 heavy (non-hydrogen) atoms. The standard InChI is InChI=1S/C42H62O15/c1-37(2)22-8-11-42(7)32(21(44)16-19-20-17-38(3,18-43)12-13-39(20,4)14-15-41(19,42)6)40(22,5)10-9-23(37)54-36-31(27(48)26(47)30(56-36)34(52)53)57-35-28(49)24(45)25(46)29(55-35)33(50)51/h16,18,20,22-32,35-36,45-49H,8-15,17H2,1-7H3,(H,50,51)(H,52,53)/t20-,22+,23+,24+,25+,26+,27+,28-,29+,30+,31-,32-,35+,36-,38+,39-,40+,41-,42-/m1/s1. The van der Waals surface area contributed by atoms with Crippen molar-refractivity contribution in [2.75, 3.05) is 0 Å². The number of rotatable bonds is 7. The van der Waals surface area contributed by atoms with Crippen molar-refractivity contribution >= 4 is 24.0 Å². The van der Waals surface area contributed by atoms with Crippen molar-refractivity contribution in [3.63, 3.8) is 0 Å². The molecule has 0 unspecified atom stereocenters. The fraction of sp³-hybridized carbons (Fsp3) is 0.857. The van der Waals surface area contributed by atoms with Crippen molar-refractivity contribution in [2.45, 2.75) is 174 Å².